The fourth-order valence-electron chi connectivity index (χ4n) is 4.03. The summed E-state index contributed by atoms with van der Waals surface area (Å²) >= 11 is 0. The Labute approximate surface area is 146 Å². The number of benzene rings is 2. The van der Waals surface area contributed by atoms with Crippen LogP contribution in [-0.2, 0) is 10.8 Å². The van der Waals surface area contributed by atoms with Gasteiger partial charge in [-0.3, -0.25) is 0 Å². The van der Waals surface area contributed by atoms with Gasteiger partial charge in [0.15, 0.2) is 0 Å². The molecular weight excluding hydrogens is 295 g/mol. The Morgan fingerprint density at radius 3 is 1.96 bits per heavy atom. The Hall–Kier alpha value is -1.63. The van der Waals surface area contributed by atoms with Gasteiger partial charge in [0.05, 0.1) is 0 Å². The van der Waals surface area contributed by atoms with Gasteiger partial charge in [-0.25, -0.2) is 4.39 Å². The summed E-state index contributed by atoms with van der Waals surface area (Å²) in [7, 11) is 0. The van der Waals surface area contributed by atoms with Crippen LogP contribution in [0.4, 0.5) is 4.39 Å². The quantitative estimate of drug-likeness (QED) is 0.577. The second-order valence-corrected chi connectivity index (χ2v) is 9.24. The van der Waals surface area contributed by atoms with Crippen LogP contribution in [0.2, 0.25) is 0 Å². The molecule has 128 valence electrons. The van der Waals surface area contributed by atoms with Gasteiger partial charge in [0.2, 0.25) is 0 Å². The molecule has 1 aliphatic carbocycles. The van der Waals surface area contributed by atoms with E-state index in [1.165, 1.54) is 16.7 Å². The lowest BCUT2D eigenvalue weighted by Crippen LogP contribution is -2.17. The molecule has 0 radical (unpaired) electrons. The van der Waals surface area contributed by atoms with Gasteiger partial charge < -0.3 is 0 Å². The molecule has 2 atom stereocenters. The molecule has 1 aliphatic rings. The predicted octanol–water partition coefficient (Wildman–Crippen LogP) is 6.69. The van der Waals surface area contributed by atoms with Crippen LogP contribution in [-0.4, -0.2) is 0 Å². The van der Waals surface area contributed by atoms with Gasteiger partial charge in [-0.05, 0) is 57.4 Å². The van der Waals surface area contributed by atoms with Crippen molar-refractivity contribution in [2.45, 2.75) is 70.6 Å². The monoisotopic (exact) mass is 324 g/mol. The first-order valence-electron chi connectivity index (χ1n) is 8.99. The van der Waals surface area contributed by atoms with Crippen molar-refractivity contribution in [1.29, 1.82) is 0 Å². The molecule has 0 aromatic heterocycles. The third-order valence-electron chi connectivity index (χ3n) is 5.15. The van der Waals surface area contributed by atoms with Crippen molar-refractivity contribution < 1.29 is 4.39 Å². The Kier molecular flexibility index (Phi) is 4.10. The van der Waals surface area contributed by atoms with Gasteiger partial charge >= 0.3 is 0 Å². The molecule has 0 amide bonds. The average Bonchev–Trinajstić information content (AvgIpc) is 3.25. The van der Waals surface area contributed by atoms with Crippen LogP contribution in [0.1, 0.15) is 82.1 Å². The van der Waals surface area contributed by atoms with Crippen LogP contribution in [0.15, 0.2) is 42.5 Å². The smallest absolute Gasteiger partial charge is 0.127 e. The first-order chi connectivity index (χ1) is 11.1. The summed E-state index contributed by atoms with van der Waals surface area (Å²) < 4.78 is 14.5. The Morgan fingerprint density at radius 2 is 1.33 bits per heavy atom. The molecular formula is C23H29F. The largest absolute Gasteiger partial charge is 0.207 e. The van der Waals surface area contributed by atoms with Crippen molar-refractivity contribution in [3.05, 3.63) is 70.5 Å². The summed E-state index contributed by atoms with van der Waals surface area (Å²) in [6.45, 7) is 13.1. The van der Waals surface area contributed by atoms with Crippen molar-refractivity contribution in [2.75, 3.05) is 0 Å². The lowest BCUT2D eigenvalue weighted by atomic mass is 9.80. The number of hydrogen-bond donors (Lipinski definition) is 0. The van der Waals surface area contributed by atoms with E-state index in [2.05, 4.69) is 71.9 Å². The standard InChI is InChI=1S/C23H29F/c1-22(2,3)19-12-8-7-10-15(19)17-14-18(17)16-11-9-13-20(24)21(16)23(4,5)6/h7-13,17-18H,14H2,1-6H3. The van der Waals surface area contributed by atoms with Crippen molar-refractivity contribution in [2.24, 2.45) is 0 Å². The molecule has 0 spiro atoms. The second kappa shape index (κ2) is 5.72. The highest BCUT2D eigenvalue weighted by Crippen LogP contribution is 2.58. The zero-order valence-corrected chi connectivity index (χ0v) is 15.8. The number of rotatable bonds is 2. The van der Waals surface area contributed by atoms with Gasteiger partial charge in [-0.15, -0.1) is 0 Å². The van der Waals surface area contributed by atoms with E-state index in [0.29, 0.717) is 11.8 Å². The molecule has 3 rings (SSSR count). The number of halogens is 1. The highest BCUT2D eigenvalue weighted by molar-refractivity contribution is 5.47. The van der Waals surface area contributed by atoms with E-state index < -0.39 is 0 Å². The van der Waals surface area contributed by atoms with Gasteiger partial charge in [0, 0.05) is 0 Å². The molecule has 0 heterocycles. The van der Waals surface area contributed by atoms with Gasteiger partial charge in [0.25, 0.3) is 0 Å². The summed E-state index contributed by atoms with van der Waals surface area (Å²) in [5.41, 5.74) is 4.93. The molecule has 24 heavy (non-hydrogen) atoms. The van der Waals surface area contributed by atoms with Crippen molar-refractivity contribution >= 4 is 0 Å². The number of hydrogen-bond acceptors (Lipinski definition) is 0. The van der Waals surface area contributed by atoms with Crippen LogP contribution < -0.4 is 0 Å². The van der Waals surface area contributed by atoms with Crippen LogP contribution in [0.3, 0.4) is 0 Å². The van der Waals surface area contributed by atoms with Gasteiger partial charge in [0.1, 0.15) is 5.82 Å². The maximum absolute atomic E-state index is 14.5. The molecule has 0 saturated heterocycles. The summed E-state index contributed by atoms with van der Waals surface area (Å²) in [5.74, 6) is 0.900. The second-order valence-electron chi connectivity index (χ2n) is 9.24. The lowest BCUT2D eigenvalue weighted by Gasteiger charge is -2.25. The van der Waals surface area contributed by atoms with Crippen LogP contribution in [0, 0.1) is 5.82 Å². The minimum Gasteiger partial charge on any atom is -0.207 e. The zero-order chi connectivity index (χ0) is 17.7. The Balaban J connectivity index is 2.00. The first-order valence-corrected chi connectivity index (χ1v) is 8.99. The molecule has 0 bridgehead atoms. The molecule has 1 saturated carbocycles. The maximum Gasteiger partial charge on any atom is 0.127 e. The fraction of sp³-hybridized carbons (Fsp3) is 0.478. The summed E-state index contributed by atoms with van der Waals surface area (Å²) in [4.78, 5) is 0. The van der Waals surface area contributed by atoms with Crippen molar-refractivity contribution in [3.8, 4) is 0 Å². The van der Waals surface area contributed by atoms with Crippen LogP contribution in [0.25, 0.3) is 0 Å². The van der Waals surface area contributed by atoms with E-state index in [0.717, 1.165) is 12.0 Å². The van der Waals surface area contributed by atoms with Gasteiger partial charge in [-0.1, -0.05) is 77.9 Å². The van der Waals surface area contributed by atoms with E-state index in [1.54, 1.807) is 6.07 Å². The molecule has 2 aromatic rings. The highest BCUT2D eigenvalue weighted by atomic mass is 19.1. The molecule has 0 aliphatic heterocycles. The first kappa shape index (κ1) is 17.2. The minimum atomic E-state index is -0.169. The maximum atomic E-state index is 14.5. The fourth-order valence-corrected chi connectivity index (χ4v) is 4.03. The van der Waals surface area contributed by atoms with Crippen molar-refractivity contribution in [1.82, 2.24) is 0 Å². The summed E-state index contributed by atoms with van der Waals surface area (Å²) in [6.07, 6.45) is 1.12. The predicted molar refractivity (Wildman–Crippen MR) is 100 cm³/mol. The minimum absolute atomic E-state index is 0.0604. The lowest BCUT2D eigenvalue weighted by molar-refractivity contribution is 0.516. The van der Waals surface area contributed by atoms with Gasteiger partial charge in [-0.2, -0.15) is 0 Å². The zero-order valence-electron chi connectivity index (χ0n) is 15.8. The van der Waals surface area contributed by atoms with E-state index >= 15 is 0 Å². The third-order valence-corrected chi connectivity index (χ3v) is 5.15. The Bertz CT molecular complexity index is 743. The highest BCUT2D eigenvalue weighted by Gasteiger charge is 2.44. The Morgan fingerprint density at radius 1 is 0.750 bits per heavy atom. The molecule has 0 nitrogen and oxygen atoms in total. The van der Waals surface area contributed by atoms with E-state index in [-0.39, 0.29) is 16.6 Å². The molecule has 2 unspecified atom stereocenters. The van der Waals surface area contributed by atoms with E-state index in [1.807, 2.05) is 6.07 Å². The molecule has 2 aromatic carbocycles. The van der Waals surface area contributed by atoms with Crippen molar-refractivity contribution in [3.63, 3.8) is 0 Å². The summed E-state index contributed by atoms with van der Waals surface area (Å²) in [6, 6.07) is 14.4. The van der Waals surface area contributed by atoms with Crippen LogP contribution >= 0.6 is 0 Å². The average molecular weight is 324 g/mol. The van der Waals surface area contributed by atoms with E-state index in [4.69, 9.17) is 0 Å². The normalized spacial score (nSPS) is 21.0. The van der Waals surface area contributed by atoms with E-state index in [9.17, 15) is 4.39 Å². The summed E-state index contributed by atoms with van der Waals surface area (Å²) in [5, 5.41) is 0. The SMILES string of the molecule is CC(C)(C)c1ccccc1C1CC1c1cccc(F)c1C(C)(C)C. The molecule has 0 N–H and O–H groups in total. The van der Waals surface area contributed by atoms with Crippen LogP contribution in [0.5, 0.6) is 0 Å². The third kappa shape index (κ3) is 3.14. The molecule has 1 heteroatoms. The topological polar surface area (TPSA) is 0 Å². The molecule has 1 fully saturated rings.